The van der Waals surface area contributed by atoms with Gasteiger partial charge < -0.3 is 9.73 Å². The van der Waals surface area contributed by atoms with E-state index in [0.717, 1.165) is 28.0 Å². The third-order valence-electron chi connectivity index (χ3n) is 2.98. The summed E-state index contributed by atoms with van der Waals surface area (Å²) in [5.41, 5.74) is 4.18. The molecule has 0 aliphatic carbocycles. The maximum absolute atomic E-state index is 5.85. The van der Waals surface area contributed by atoms with Crippen LogP contribution < -0.4 is 5.32 Å². The molecule has 98 valence electrons. The van der Waals surface area contributed by atoms with Crippen molar-refractivity contribution in [2.45, 2.75) is 33.7 Å². The summed E-state index contributed by atoms with van der Waals surface area (Å²) < 4.78 is 5.85. The summed E-state index contributed by atoms with van der Waals surface area (Å²) in [6.45, 7) is 8.12. The van der Waals surface area contributed by atoms with Gasteiger partial charge in [-0.15, -0.1) is 0 Å². The predicted molar refractivity (Wildman–Crippen MR) is 75.3 cm³/mol. The van der Waals surface area contributed by atoms with Crippen molar-refractivity contribution in [3.8, 4) is 0 Å². The van der Waals surface area contributed by atoms with E-state index in [1.165, 1.54) is 0 Å². The fourth-order valence-electron chi connectivity index (χ4n) is 2.29. The van der Waals surface area contributed by atoms with Gasteiger partial charge in [-0.05, 0) is 39.3 Å². The minimum absolute atomic E-state index is 0.280. The van der Waals surface area contributed by atoms with Gasteiger partial charge in [-0.25, -0.2) is 15.0 Å². The van der Waals surface area contributed by atoms with E-state index in [0.29, 0.717) is 11.3 Å². The molecule has 0 aliphatic rings. The molecule has 0 fully saturated rings. The Morgan fingerprint density at radius 3 is 2.74 bits per heavy atom. The van der Waals surface area contributed by atoms with Crippen LogP contribution in [0.25, 0.3) is 22.2 Å². The number of aryl methyl sites for hydroxylation is 2. The lowest BCUT2D eigenvalue weighted by Crippen LogP contribution is -2.11. The molecule has 5 heteroatoms. The number of hydrogen-bond acceptors (Lipinski definition) is 5. The third-order valence-corrected chi connectivity index (χ3v) is 2.98. The Kier molecular flexibility index (Phi) is 2.62. The number of nitrogens with one attached hydrogen (secondary N) is 1. The monoisotopic (exact) mass is 256 g/mol. The molecule has 0 unspecified atom stereocenters. The Bertz CT molecular complexity index is 761. The minimum Gasteiger partial charge on any atom is -0.432 e. The summed E-state index contributed by atoms with van der Waals surface area (Å²) in [5.74, 6) is 0.718. The molecule has 0 saturated carbocycles. The van der Waals surface area contributed by atoms with Crippen LogP contribution in [0, 0.1) is 13.8 Å². The van der Waals surface area contributed by atoms with Crippen LogP contribution >= 0.6 is 0 Å². The predicted octanol–water partition coefficient (Wildman–Crippen LogP) is 3.21. The van der Waals surface area contributed by atoms with Crippen LogP contribution in [0.2, 0.25) is 0 Å². The molecule has 0 radical (unpaired) electrons. The molecule has 3 aromatic rings. The van der Waals surface area contributed by atoms with Crippen LogP contribution in [0.5, 0.6) is 0 Å². The number of fused-ring (bicyclic) bond motifs is 3. The number of aromatic nitrogens is 3. The Morgan fingerprint density at radius 1 is 1.21 bits per heavy atom. The topological polar surface area (TPSA) is 63.8 Å². The highest BCUT2D eigenvalue weighted by molar-refractivity contribution is 6.05. The molecular formula is C14H16N4O. The van der Waals surface area contributed by atoms with Crippen molar-refractivity contribution in [2.75, 3.05) is 5.32 Å². The molecule has 0 bridgehead atoms. The van der Waals surface area contributed by atoms with Gasteiger partial charge in [0.25, 0.3) is 0 Å². The lowest BCUT2D eigenvalue weighted by Gasteiger charge is -2.07. The van der Waals surface area contributed by atoms with Crippen molar-refractivity contribution in [1.29, 1.82) is 0 Å². The number of nitrogens with zero attached hydrogens (tertiary/aromatic N) is 3. The van der Waals surface area contributed by atoms with Gasteiger partial charge in [0.15, 0.2) is 11.4 Å². The highest BCUT2D eigenvalue weighted by atomic mass is 16.3. The molecule has 3 heterocycles. The zero-order valence-electron chi connectivity index (χ0n) is 11.5. The average Bonchev–Trinajstić information content (AvgIpc) is 2.67. The van der Waals surface area contributed by atoms with E-state index in [-0.39, 0.29) is 6.04 Å². The zero-order valence-corrected chi connectivity index (χ0v) is 11.5. The SMILES string of the molecule is Cc1cc(C)c2c(n1)oc1c(NC(C)C)ncnc12. The second-order valence-electron chi connectivity index (χ2n) is 5.06. The standard InChI is InChI=1S/C14H16N4O/c1-7(2)17-13-12-11(15-6-16-13)10-8(3)5-9(4)18-14(10)19-12/h5-7H,1-4H3,(H,15,16,17). The Labute approximate surface area is 111 Å². The average molecular weight is 256 g/mol. The largest absolute Gasteiger partial charge is 0.432 e. The van der Waals surface area contributed by atoms with Crippen molar-refractivity contribution >= 4 is 28.0 Å². The first kappa shape index (κ1) is 11.9. The van der Waals surface area contributed by atoms with Crippen LogP contribution in [-0.2, 0) is 0 Å². The summed E-state index contributed by atoms with van der Waals surface area (Å²) in [7, 11) is 0. The van der Waals surface area contributed by atoms with E-state index < -0.39 is 0 Å². The van der Waals surface area contributed by atoms with Gasteiger partial charge in [0.2, 0.25) is 5.71 Å². The number of furan rings is 1. The fraction of sp³-hybridized carbons (Fsp3) is 0.357. The molecule has 3 aromatic heterocycles. The maximum Gasteiger partial charge on any atom is 0.229 e. The highest BCUT2D eigenvalue weighted by Crippen LogP contribution is 2.32. The second-order valence-corrected chi connectivity index (χ2v) is 5.06. The smallest absolute Gasteiger partial charge is 0.229 e. The first-order valence-corrected chi connectivity index (χ1v) is 6.34. The molecule has 0 atom stereocenters. The normalized spacial score (nSPS) is 11.6. The molecule has 0 aliphatic heterocycles. The van der Waals surface area contributed by atoms with Crippen LogP contribution in [0.4, 0.5) is 5.82 Å². The van der Waals surface area contributed by atoms with Crippen molar-refractivity contribution in [1.82, 2.24) is 15.0 Å². The molecule has 3 rings (SSSR count). The van der Waals surface area contributed by atoms with Gasteiger partial charge in [0, 0.05) is 11.7 Å². The summed E-state index contributed by atoms with van der Waals surface area (Å²) in [4.78, 5) is 13.0. The lowest BCUT2D eigenvalue weighted by atomic mass is 10.1. The van der Waals surface area contributed by atoms with Crippen LogP contribution in [0.1, 0.15) is 25.1 Å². The molecule has 0 spiro atoms. The van der Waals surface area contributed by atoms with Crippen molar-refractivity contribution < 1.29 is 4.42 Å². The second kappa shape index (κ2) is 4.19. The number of anilines is 1. The van der Waals surface area contributed by atoms with E-state index in [1.807, 2.05) is 19.9 Å². The van der Waals surface area contributed by atoms with Gasteiger partial charge in [-0.1, -0.05) is 0 Å². The highest BCUT2D eigenvalue weighted by Gasteiger charge is 2.16. The van der Waals surface area contributed by atoms with Crippen molar-refractivity contribution in [3.63, 3.8) is 0 Å². The minimum atomic E-state index is 0.280. The van der Waals surface area contributed by atoms with E-state index >= 15 is 0 Å². The molecule has 0 aromatic carbocycles. The summed E-state index contributed by atoms with van der Waals surface area (Å²) in [5, 5.41) is 4.24. The number of pyridine rings is 1. The van der Waals surface area contributed by atoms with Crippen LogP contribution in [-0.4, -0.2) is 21.0 Å². The van der Waals surface area contributed by atoms with Gasteiger partial charge in [0.1, 0.15) is 11.8 Å². The Hall–Kier alpha value is -2.17. The van der Waals surface area contributed by atoms with E-state index in [1.54, 1.807) is 6.33 Å². The van der Waals surface area contributed by atoms with Gasteiger partial charge in [0.05, 0.1) is 5.39 Å². The first-order valence-electron chi connectivity index (χ1n) is 6.34. The van der Waals surface area contributed by atoms with E-state index in [2.05, 4.69) is 34.1 Å². The maximum atomic E-state index is 5.85. The van der Waals surface area contributed by atoms with Crippen LogP contribution in [0.15, 0.2) is 16.8 Å². The fourth-order valence-corrected chi connectivity index (χ4v) is 2.29. The third kappa shape index (κ3) is 1.91. The van der Waals surface area contributed by atoms with Crippen molar-refractivity contribution in [3.05, 3.63) is 23.7 Å². The molecule has 0 saturated heterocycles. The Balaban J connectivity index is 2.36. The summed E-state index contributed by atoms with van der Waals surface area (Å²) in [6.07, 6.45) is 1.56. The van der Waals surface area contributed by atoms with Gasteiger partial charge >= 0.3 is 0 Å². The lowest BCUT2D eigenvalue weighted by molar-refractivity contribution is 0.649. The summed E-state index contributed by atoms with van der Waals surface area (Å²) >= 11 is 0. The Morgan fingerprint density at radius 2 is 2.00 bits per heavy atom. The molecule has 0 amide bonds. The molecular weight excluding hydrogens is 240 g/mol. The van der Waals surface area contributed by atoms with Crippen LogP contribution in [0.3, 0.4) is 0 Å². The number of hydrogen-bond donors (Lipinski definition) is 1. The quantitative estimate of drug-likeness (QED) is 0.762. The van der Waals surface area contributed by atoms with Crippen molar-refractivity contribution in [2.24, 2.45) is 0 Å². The molecule has 5 nitrogen and oxygen atoms in total. The summed E-state index contributed by atoms with van der Waals surface area (Å²) in [6, 6.07) is 2.32. The van der Waals surface area contributed by atoms with Gasteiger partial charge in [-0.3, -0.25) is 0 Å². The zero-order chi connectivity index (χ0) is 13.6. The van der Waals surface area contributed by atoms with E-state index in [4.69, 9.17) is 4.42 Å². The molecule has 19 heavy (non-hydrogen) atoms. The molecule has 1 N–H and O–H groups in total. The van der Waals surface area contributed by atoms with E-state index in [9.17, 15) is 0 Å². The van der Waals surface area contributed by atoms with Gasteiger partial charge in [-0.2, -0.15) is 0 Å². The number of rotatable bonds is 2. The first-order chi connectivity index (χ1) is 9.06.